The first kappa shape index (κ1) is 13.5. The first-order valence-corrected chi connectivity index (χ1v) is 8.36. The highest BCUT2D eigenvalue weighted by molar-refractivity contribution is 7.17. The summed E-state index contributed by atoms with van der Waals surface area (Å²) in [6.07, 6.45) is 4.66. The smallest absolute Gasteiger partial charge is 0.150 e. The van der Waals surface area contributed by atoms with Crippen molar-refractivity contribution in [2.45, 2.75) is 6.42 Å². The summed E-state index contributed by atoms with van der Waals surface area (Å²) in [4.78, 5) is 15.5. The van der Waals surface area contributed by atoms with Gasteiger partial charge in [-0.25, -0.2) is 15.0 Å². The van der Waals surface area contributed by atoms with E-state index in [2.05, 4.69) is 36.6 Å². The highest BCUT2D eigenvalue weighted by Gasteiger charge is 2.25. The molecule has 1 saturated heterocycles. The molecule has 112 valence electrons. The van der Waals surface area contributed by atoms with Crippen LogP contribution >= 0.6 is 11.3 Å². The summed E-state index contributed by atoms with van der Waals surface area (Å²) in [5, 5.41) is 5.51. The van der Waals surface area contributed by atoms with Crippen molar-refractivity contribution in [2.24, 2.45) is 5.92 Å². The van der Waals surface area contributed by atoms with Crippen LogP contribution in [0.5, 0.6) is 0 Å². The molecule has 1 N–H and O–H groups in total. The van der Waals surface area contributed by atoms with E-state index in [1.54, 1.807) is 17.7 Å². The molecule has 0 unspecified atom stereocenters. The topological polar surface area (TPSA) is 53.9 Å². The first-order chi connectivity index (χ1) is 10.9. The third-order valence-corrected chi connectivity index (χ3v) is 4.95. The largest absolute Gasteiger partial charge is 0.370 e. The number of hydrogen-bond acceptors (Lipinski definition) is 6. The van der Waals surface area contributed by atoms with E-state index < -0.39 is 0 Å². The minimum absolute atomic E-state index is 0.618. The summed E-state index contributed by atoms with van der Waals surface area (Å²) in [5.74, 6) is 2.65. The molecule has 0 saturated carbocycles. The molecule has 1 atom stereocenters. The van der Waals surface area contributed by atoms with Crippen LogP contribution in [0.4, 0.5) is 11.6 Å². The fraction of sp³-hybridized carbons (Fsp3) is 0.312. The van der Waals surface area contributed by atoms with Crippen LogP contribution < -0.4 is 10.2 Å². The average molecular weight is 311 g/mol. The number of fused-ring (bicyclic) bond motifs is 1. The van der Waals surface area contributed by atoms with Gasteiger partial charge >= 0.3 is 0 Å². The molecule has 1 fully saturated rings. The fourth-order valence-corrected chi connectivity index (χ4v) is 3.77. The third-order valence-electron chi connectivity index (χ3n) is 4.05. The maximum absolute atomic E-state index is 4.51. The van der Waals surface area contributed by atoms with E-state index in [0.29, 0.717) is 5.92 Å². The zero-order valence-electron chi connectivity index (χ0n) is 12.1. The van der Waals surface area contributed by atoms with Crippen molar-refractivity contribution >= 4 is 33.2 Å². The van der Waals surface area contributed by atoms with E-state index in [1.807, 2.05) is 24.4 Å². The Labute approximate surface area is 133 Å². The maximum atomic E-state index is 4.51. The molecule has 0 radical (unpaired) electrons. The van der Waals surface area contributed by atoms with E-state index in [0.717, 1.165) is 36.8 Å². The van der Waals surface area contributed by atoms with Crippen molar-refractivity contribution in [3.05, 3.63) is 42.2 Å². The van der Waals surface area contributed by atoms with E-state index in [4.69, 9.17) is 0 Å². The normalized spacial score (nSPS) is 18.0. The molecule has 0 aromatic carbocycles. The lowest BCUT2D eigenvalue weighted by Crippen LogP contribution is -2.23. The molecule has 0 aliphatic carbocycles. The Balaban J connectivity index is 1.43. The standard InChI is InChI=1S/C16H17N5S/c1-2-6-17-14(3-1)18-9-12-4-7-21(10-12)16-15-13(5-8-22-15)19-11-20-16/h1-3,5-6,8,11-12H,4,7,9-10H2,(H,17,18)/t12-/m0/s1. The van der Waals surface area contributed by atoms with Gasteiger partial charge in [0, 0.05) is 25.8 Å². The van der Waals surface area contributed by atoms with Gasteiger partial charge < -0.3 is 10.2 Å². The molecular weight excluding hydrogens is 294 g/mol. The van der Waals surface area contributed by atoms with Crippen LogP contribution in [-0.2, 0) is 0 Å². The number of aromatic nitrogens is 3. The number of rotatable bonds is 4. The van der Waals surface area contributed by atoms with Gasteiger partial charge in [-0.3, -0.25) is 0 Å². The van der Waals surface area contributed by atoms with Crippen molar-refractivity contribution in [3.8, 4) is 0 Å². The predicted octanol–water partition coefficient (Wildman–Crippen LogP) is 3.02. The summed E-state index contributed by atoms with van der Waals surface area (Å²) in [6, 6.07) is 8.00. The number of nitrogens with one attached hydrogen (secondary N) is 1. The van der Waals surface area contributed by atoms with E-state index in [1.165, 1.54) is 11.1 Å². The first-order valence-electron chi connectivity index (χ1n) is 7.48. The van der Waals surface area contributed by atoms with Gasteiger partial charge in [-0.2, -0.15) is 0 Å². The molecule has 6 heteroatoms. The van der Waals surface area contributed by atoms with Gasteiger partial charge in [-0.05, 0) is 35.9 Å². The average Bonchev–Trinajstić information content (AvgIpc) is 3.22. The minimum atomic E-state index is 0.618. The Morgan fingerprint density at radius 3 is 3.14 bits per heavy atom. The van der Waals surface area contributed by atoms with Crippen molar-refractivity contribution in [3.63, 3.8) is 0 Å². The van der Waals surface area contributed by atoms with Crippen LogP contribution in [0.2, 0.25) is 0 Å². The Bertz CT molecular complexity index is 757. The molecule has 5 nitrogen and oxygen atoms in total. The SMILES string of the molecule is c1ccc(NC[C@@H]2CCN(c3ncnc4ccsc34)C2)nc1. The minimum Gasteiger partial charge on any atom is -0.370 e. The third kappa shape index (κ3) is 2.62. The van der Waals surface area contributed by atoms with Gasteiger partial charge in [0.05, 0.1) is 10.2 Å². The van der Waals surface area contributed by atoms with Gasteiger partial charge in [0.2, 0.25) is 0 Å². The Morgan fingerprint density at radius 2 is 2.23 bits per heavy atom. The second-order valence-corrected chi connectivity index (χ2v) is 6.44. The molecule has 4 heterocycles. The van der Waals surface area contributed by atoms with Crippen LogP contribution in [0.25, 0.3) is 10.2 Å². The zero-order valence-corrected chi connectivity index (χ0v) is 13.0. The molecule has 1 aliphatic heterocycles. The fourth-order valence-electron chi connectivity index (χ4n) is 2.91. The summed E-state index contributed by atoms with van der Waals surface area (Å²) in [5.41, 5.74) is 1.05. The van der Waals surface area contributed by atoms with E-state index >= 15 is 0 Å². The van der Waals surface area contributed by atoms with E-state index in [9.17, 15) is 0 Å². The lowest BCUT2D eigenvalue weighted by molar-refractivity contribution is 0.621. The lowest BCUT2D eigenvalue weighted by Gasteiger charge is -2.18. The highest BCUT2D eigenvalue weighted by atomic mass is 32.1. The number of thiophene rings is 1. The highest BCUT2D eigenvalue weighted by Crippen LogP contribution is 2.31. The molecule has 0 spiro atoms. The second kappa shape index (κ2) is 5.88. The van der Waals surface area contributed by atoms with Gasteiger partial charge in [0.25, 0.3) is 0 Å². The molecule has 4 rings (SSSR count). The molecule has 22 heavy (non-hydrogen) atoms. The van der Waals surface area contributed by atoms with Gasteiger partial charge in [0.1, 0.15) is 18.0 Å². The number of pyridine rings is 1. The number of nitrogens with zero attached hydrogens (tertiary/aromatic N) is 4. The second-order valence-electron chi connectivity index (χ2n) is 5.53. The summed E-state index contributed by atoms with van der Waals surface area (Å²) < 4.78 is 1.20. The van der Waals surface area contributed by atoms with Crippen molar-refractivity contribution in [2.75, 3.05) is 29.9 Å². The Hall–Kier alpha value is -2.21. The van der Waals surface area contributed by atoms with Gasteiger partial charge in [0.15, 0.2) is 0 Å². The monoisotopic (exact) mass is 311 g/mol. The summed E-state index contributed by atoms with van der Waals surface area (Å²) >= 11 is 1.72. The zero-order chi connectivity index (χ0) is 14.8. The summed E-state index contributed by atoms with van der Waals surface area (Å²) in [6.45, 7) is 3.04. The van der Waals surface area contributed by atoms with Crippen molar-refractivity contribution in [1.29, 1.82) is 0 Å². The molecular formula is C16H17N5S. The van der Waals surface area contributed by atoms with Crippen molar-refractivity contribution < 1.29 is 0 Å². The van der Waals surface area contributed by atoms with Crippen LogP contribution in [0.15, 0.2) is 42.2 Å². The van der Waals surface area contributed by atoms with Crippen LogP contribution in [0, 0.1) is 5.92 Å². The molecule has 3 aromatic heterocycles. The van der Waals surface area contributed by atoms with Gasteiger partial charge in [-0.15, -0.1) is 11.3 Å². The predicted molar refractivity (Wildman–Crippen MR) is 90.5 cm³/mol. The van der Waals surface area contributed by atoms with Crippen LogP contribution in [-0.4, -0.2) is 34.6 Å². The van der Waals surface area contributed by atoms with Gasteiger partial charge in [-0.1, -0.05) is 6.07 Å². The molecule has 3 aromatic rings. The molecule has 0 amide bonds. The van der Waals surface area contributed by atoms with Crippen molar-refractivity contribution in [1.82, 2.24) is 15.0 Å². The number of anilines is 2. The quantitative estimate of drug-likeness (QED) is 0.802. The lowest BCUT2D eigenvalue weighted by atomic mass is 10.1. The molecule has 0 bridgehead atoms. The van der Waals surface area contributed by atoms with Crippen LogP contribution in [0.1, 0.15) is 6.42 Å². The summed E-state index contributed by atoms with van der Waals surface area (Å²) in [7, 11) is 0. The van der Waals surface area contributed by atoms with Crippen LogP contribution in [0.3, 0.4) is 0 Å². The van der Waals surface area contributed by atoms with E-state index in [-0.39, 0.29) is 0 Å². The maximum Gasteiger partial charge on any atom is 0.150 e. The number of hydrogen-bond donors (Lipinski definition) is 1. The Kier molecular flexibility index (Phi) is 3.60. The molecule has 1 aliphatic rings. The Morgan fingerprint density at radius 1 is 1.23 bits per heavy atom.